The summed E-state index contributed by atoms with van der Waals surface area (Å²) in [6, 6.07) is 22.2. The van der Waals surface area contributed by atoms with Gasteiger partial charge in [0.05, 0.1) is 13.0 Å². The summed E-state index contributed by atoms with van der Waals surface area (Å²) in [5.74, 6) is 0.628. The Labute approximate surface area is 205 Å². The van der Waals surface area contributed by atoms with E-state index >= 15 is 0 Å². The van der Waals surface area contributed by atoms with Gasteiger partial charge in [-0.15, -0.1) is 0 Å². The molecule has 1 heterocycles. The first-order chi connectivity index (χ1) is 16.4. The van der Waals surface area contributed by atoms with Crippen LogP contribution in [0.5, 0.6) is 5.75 Å². The van der Waals surface area contributed by atoms with Crippen LogP contribution in [0.1, 0.15) is 42.1 Å². The number of fused-ring (bicyclic) bond motifs is 1. The van der Waals surface area contributed by atoms with Crippen molar-refractivity contribution in [3.8, 4) is 5.75 Å². The van der Waals surface area contributed by atoms with E-state index in [2.05, 4.69) is 13.8 Å². The molecule has 0 N–H and O–H groups in total. The summed E-state index contributed by atoms with van der Waals surface area (Å²) in [5, 5.41) is 0.636. The maximum Gasteiger partial charge on any atom is 0.258 e. The average molecular weight is 477 g/mol. The molecule has 34 heavy (non-hydrogen) atoms. The van der Waals surface area contributed by atoms with Crippen molar-refractivity contribution in [2.75, 3.05) is 30.0 Å². The summed E-state index contributed by atoms with van der Waals surface area (Å²) in [7, 11) is 1.60. The highest BCUT2D eigenvalue weighted by Crippen LogP contribution is 2.38. The van der Waals surface area contributed by atoms with Crippen molar-refractivity contribution in [3.05, 3.63) is 88.9 Å². The topological polar surface area (TPSA) is 49.9 Å². The van der Waals surface area contributed by atoms with Gasteiger partial charge < -0.3 is 14.5 Å². The number of carbonyl (C=O) groups is 2. The summed E-state index contributed by atoms with van der Waals surface area (Å²) in [6.45, 7) is 5.27. The van der Waals surface area contributed by atoms with E-state index in [0.717, 1.165) is 16.9 Å². The molecule has 1 atom stereocenters. The lowest BCUT2D eigenvalue weighted by atomic mass is 9.88. The monoisotopic (exact) mass is 476 g/mol. The number of para-hydroxylation sites is 1. The van der Waals surface area contributed by atoms with Gasteiger partial charge in [-0.1, -0.05) is 43.6 Å². The van der Waals surface area contributed by atoms with E-state index < -0.39 is 0 Å². The quantitative estimate of drug-likeness (QED) is 0.427. The molecule has 1 aliphatic heterocycles. The number of anilines is 2. The molecule has 0 bridgehead atoms. The number of nitrogens with zero attached hydrogens (tertiary/aromatic N) is 2. The minimum Gasteiger partial charge on any atom is -0.497 e. The lowest BCUT2D eigenvalue weighted by molar-refractivity contribution is -0.120. The van der Waals surface area contributed by atoms with Gasteiger partial charge in [-0.05, 0) is 72.5 Å². The second-order valence-corrected chi connectivity index (χ2v) is 9.34. The van der Waals surface area contributed by atoms with Crippen LogP contribution in [-0.2, 0) is 4.79 Å². The molecule has 0 saturated carbocycles. The van der Waals surface area contributed by atoms with Gasteiger partial charge in [-0.3, -0.25) is 9.59 Å². The van der Waals surface area contributed by atoms with E-state index in [4.69, 9.17) is 16.3 Å². The predicted molar refractivity (Wildman–Crippen MR) is 137 cm³/mol. The standard InChI is InChI=1S/C28H29ClN2O3/c1-19(2)18-31(22-12-10-21(29)11-13-22)28(33)25-16-17-30(26-7-5-4-6-24(25)26)27(32)20-8-14-23(34-3)15-9-20/h4-15,19,25H,16-18H2,1-3H3/t25-/m0/s1. The Bertz CT molecular complexity index is 1160. The molecule has 3 aromatic carbocycles. The summed E-state index contributed by atoms with van der Waals surface area (Å²) in [5.41, 5.74) is 3.08. The van der Waals surface area contributed by atoms with Crippen LogP contribution in [0.4, 0.5) is 11.4 Å². The van der Waals surface area contributed by atoms with Crippen molar-refractivity contribution in [2.45, 2.75) is 26.2 Å². The highest BCUT2D eigenvalue weighted by molar-refractivity contribution is 6.30. The molecule has 6 heteroatoms. The first-order valence-electron chi connectivity index (χ1n) is 11.5. The van der Waals surface area contributed by atoms with Gasteiger partial charge in [0.25, 0.3) is 5.91 Å². The molecule has 4 rings (SSSR count). The van der Waals surface area contributed by atoms with Crippen LogP contribution in [-0.4, -0.2) is 32.0 Å². The lowest BCUT2D eigenvalue weighted by Crippen LogP contribution is -2.43. The third-order valence-corrected chi connectivity index (χ3v) is 6.33. The summed E-state index contributed by atoms with van der Waals surface area (Å²) in [4.78, 5) is 30.8. The third-order valence-electron chi connectivity index (χ3n) is 6.08. The number of benzene rings is 3. The Morgan fingerprint density at radius 3 is 2.35 bits per heavy atom. The van der Waals surface area contributed by atoms with Crippen LogP contribution >= 0.6 is 11.6 Å². The molecule has 0 spiro atoms. The van der Waals surface area contributed by atoms with Crippen LogP contribution in [0.3, 0.4) is 0 Å². The normalized spacial score (nSPS) is 15.1. The fourth-order valence-corrected chi connectivity index (χ4v) is 4.54. The molecule has 176 valence electrons. The predicted octanol–water partition coefficient (Wildman–Crippen LogP) is 6.17. The second-order valence-electron chi connectivity index (χ2n) is 8.90. The zero-order chi connectivity index (χ0) is 24.2. The average Bonchev–Trinajstić information content (AvgIpc) is 2.86. The SMILES string of the molecule is COc1ccc(C(=O)N2CC[C@H](C(=O)N(CC(C)C)c3ccc(Cl)cc3)c3ccccc32)cc1. The Morgan fingerprint density at radius 1 is 1.03 bits per heavy atom. The largest absolute Gasteiger partial charge is 0.497 e. The molecule has 0 aliphatic carbocycles. The van der Waals surface area contributed by atoms with Crippen LogP contribution in [0.2, 0.25) is 5.02 Å². The summed E-state index contributed by atoms with van der Waals surface area (Å²) < 4.78 is 5.21. The number of carbonyl (C=O) groups excluding carboxylic acids is 2. The Kier molecular flexibility index (Phi) is 7.23. The molecule has 2 amide bonds. The van der Waals surface area contributed by atoms with Crippen molar-refractivity contribution >= 4 is 34.8 Å². The molecular weight excluding hydrogens is 448 g/mol. The lowest BCUT2D eigenvalue weighted by Gasteiger charge is -2.36. The molecule has 0 unspecified atom stereocenters. The first kappa shape index (κ1) is 23.8. The molecule has 0 radical (unpaired) electrons. The highest BCUT2D eigenvalue weighted by Gasteiger charge is 2.35. The number of hydrogen-bond acceptors (Lipinski definition) is 3. The van der Waals surface area contributed by atoms with Gasteiger partial charge >= 0.3 is 0 Å². The minimum atomic E-state index is -0.328. The van der Waals surface area contributed by atoms with Gasteiger partial charge in [-0.25, -0.2) is 0 Å². The van der Waals surface area contributed by atoms with Crippen LogP contribution in [0, 0.1) is 5.92 Å². The fraction of sp³-hybridized carbons (Fsp3) is 0.286. The Morgan fingerprint density at radius 2 is 1.71 bits per heavy atom. The maximum absolute atomic E-state index is 13.9. The van der Waals surface area contributed by atoms with Crippen LogP contribution in [0.15, 0.2) is 72.8 Å². The minimum absolute atomic E-state index is 0.0417. The van der Waals surface area contributed by atoms with Gasteiger partial charge in [-0.2, -0.15) is 0 Å². The molecule has 0 saturated heterocycles. The fourth-order valence-electron chi connectivity index (χ4n) is 4.42. The van der Waals surface area contributed by atoms with Crippen molar-refractivity contribution in [1.82, 2.24) is 0 Å². The molecule has 3 aromatic rings. The van der Waals surface area contributed by atoms with E-state index in [-0.39, 0.29) is 17.7 Å². The number of methoxy groups -OCH3 is 1. The molecule has 0 aromatic heterocycles. The zero-order valence-corrected chi connectivity index (χ0v) is 20.5. The first-order valence-corrected chi connectivity index (χ1v) is 11.9. The highest BCUT2D eigenvalue weighted by atomic mass is 35.5. The van der Waals surface area contributed by atoms with Crippen molar-refractivity contribution in [2.24, 2.45) is 5.92 Å². The van der Waals surface area contributed by atoms with Gasteiger partial charge in [0.1, 0.15) is 5.75 Å². The van der Waals surface area contributed by atoms with E-state index in [1.165, 1.54) is 0 Å². The van der Waals surface area contributed by atoms with Crippen LogP contribution in [0.25, 0.3) is 0 Å². The second kappa shape index (κ2) is 10.3. The number of ether oxygens (including phenoxy) is 1. The Balaban J connectivity index is 1.65. The van der Waals surface area contributed by atoms with Gasteiger partial charge in [0.15, 0.2) is 0 Å². The maximum atomic E-state index is 13.9. The van der Waals surface area contributed by atoms with Gasteiger partial charge in [0, 0.05) is 35.1 Å². The van der Waals surface area contributed by atoms with Crippen molar-refractivity contribution < 1.29 is 14.3 Å². The smallest absolute Gasteiger partial charge is 0.258 e. The molecule has 0 fully saturated rings. The van der Waals surface area contributed by atoms with E-state index in [1.54, 1.807) is 36.3 Å². The summed E-state index contributed by atoms with van der Waals surface area (Å²) >= 11 is 6.08. The number of hydrogen-bond donors (Lipinski definition) is 0. The van der Waals surface area contributed by atoms with Crippen LogP contribution < -0.4 is 14.5 Å². The van der Waals surface area contributed by atoms with E-state index in [0.29, 0.717) is 41.8 Å². The van der Waals surface area contributed by atoms with E-state index in [9.17, 15) is 9.59 Å². The van der Waals surface area contributed by atoms with Crippen molar-refractivity contribution in [3.63, 3.8) is 0 Å². The summed E-state index contributed by atoms with van der Waals surface area (Å²) in [6.07, 6.45) is 0.555. The van der Waals surface area contributed by atoms with Crippen molar-refractivity contribution in [1.29, 1.82) is 0 Å². The van der Waals surface area contributed by atoms with Gasteiger partial charge in [0.2, 0.25) is 5.91 Å². The number of rotatable bonds is 6. The van der Waals surface area contributed by atoms with E-state index in [1.807, 2.05) is 53.4 Å². The molecule has 5 nitrogen and oxygen atoms in total. The number of halogens is 1. The Hall–Kier alpha value is -3.31. The number of amides is 2. The molecular formula is C28H29ClN2O3. The third kappa shape index (κ3) is 4.95. The zero-order valence-electron chi connectivity index (χ0n) is 19.7. The molecule has 1 aliphatic rings.